The van der Waals surface area contributed by atoms with Crippen LogP contribution in [0.5, 0.6) is 0 Å². The maximum Gasteiger partial charge on any atom is 0.0651 e. The fraction of sp³-hybridized carbons (Fsp3) is 0.333. The van der Waals surface area contributed by atoms with Gasteiger partial charge in [-0.2, -0.15) is 0 Å². The van der Waals surface area contributed by atoms with Gasteiger partial charge in [0.1, 0.15) is 0 Å². The fourth-order valence-corrected chi connectivity index (χ4v) is 1.55. The van der Waals surface area contributed by atoms with Crippen LogP contribution >= 0.6 is 35.6 Å². The molecule has 0 saturated heterocycles. The Bertz CT molecular complexity index is 315. The van der Waals surface area contributed by atoms with E-state index in [0.717, 1.165) is 0 Å². The molecule has 5 heteroatoms. The minimum atomic E-state index is -0.845. The number of nitrogens with two attached hydrogens (primary N) is 1. The highest BCUT2D eigenvalue weighted by atomic mass is 35.5. The van der Waals surface area contributed by atoms with Crippen molar-refractivity contribution in [2.45, 2.75) is 12.5 Å². The van der Waals surface area contributed by atoms with Gasteiger partial charge in [0.05, 0.1) is 22.2 Å². The Morgan fingerprint density at radius 3 is 2.50 bits per heavy atom. The monoisotopic (exact) mass is 255 g/mol. The van der Waals surface area contributed by atoms with E-state index in [1.807, 2.05) is 0 Å². The Balaban J connectivity index is 0.00000169. The summed E-state index contributed by atoms with van der Waals surface area (Å²) in [6.07, 6.45) is 0. The molecule has 0 amide bonds. The third kappa shape index (κ3) is 2.75. The molecule has 0 spiro atoms. The fourth-order valence-electron chi connectivity index (χ4n) is 1.03. The summed E-state index contributed by atoms with van der Waals surface area (Å²) in [5, 5.41) is 9.89. The zero-order chi connectivity index (χ0) is 10.1. The molecule has 1 rings (SSSR count). The van der Waals surface area contributed by atoms with E-state index in [-0.39, 0.29) is 19.0 Å². The van der Waals surface area contributed by atoms with Gasteiger partial charge in [0.25, 0.3) is 0 Å². The number of hydrogen-bond donors (Lipinski definition) is 2. The van der Waals surface area contributed by atoms with Crippen molar-refractivity contribution in [1.82, 2.24) is 0 Å². The Morgan fingerprint density at radius 1 is 1.43 bits per heavy atom. The largest absolute Gasteiger partial charge is 0.394 e. The Morgan fingerprint density at radius 2 is 2.00 bits per heavy atom. The van der Waals surface area contributed by atoms with Crippen molar-refractivity contribution in [2.75, 3.05) is 6.61 Å². The summed E-state index contributed by atoms with van der Waals surface area (Å²) in [5.41, 5.74) is 5.63. The molecular formula is C9H12Cl3NO. The lowest BCUT2D eigenvalue weighted by Gasteiger charge is -2.23. The van der Waals surface area contributed by atoms with Crippen LogP contribution in [-0.4, -0.2) is 11.7 Å². The normalized spacial score (nSPS) is 14.4. The minimum absolute atomic E-state index is 0. The quantitative estimate of drug-likeness (QED) is 0.854. The lowest BCUT2D eigenvalue weighted by molar-refractivity contribution is 0.210. The van der Waals surface area contributed by atoms with E-state index in [0.29, 0.717) is 15.6 Å². The van der Waals surface area contributed by atoms with Crippen molar-refractivity contribution < 1.29 is 5.11 Å². The van der Waals surface area contributed by atoms with E-state index in [1.165, 1.54) is 0 Å². The number of benzene rings is 1. The molecule has 0 fully saturated rings. The average Bonchev–Trinajstić information content (AvgIpc) is 2.09. The topological polar surface area (TPSA) is 46.2 Å². The summed E-state index contributed by atoms with van der Waals surface area (Å²) >= 11 is 11.7. The summed E-state index contributed by atoms with van der Waals surface area (Å²) < 4.78 is 0. The van der Waals surface area contributed by atoms with Crippen LogP contribution in [-0.2, 0) is 5.54 Å². The average molecular weight is 257 g/mol. The van der Waals surface area contributed by atoms with Crippen molar-refractivity contribution in [1.29, 1.82) is 0 Å². The van der Waals surface area contributed by atoms with Gasteiger partial charge in [-0.05, 0) is 18.6 Å². The standard InChI is InChI=1S/C9H11Cl2NO.ClH/c1-9(12,5-13)6-3-2-4-7(10)8(6)11;/h2-4,13H,5,12H2,1H3;1H. The third-order valence-electron chi connectivity index (χ3n) is 1.90. The van der Waals surface area contributed by atoms with E-state index >= 15 is 0 Å². The van der Waals surface area contributed by atoms with Gasteiger partial charge in [0, 0.05) is 0 Å². The lowest BCUT2D eigenvalue weighted by atomic mass is 9.94. The Kier molecular flexibility index (Phi) is 5.20. The van der Waals surface area contributed by atoms with Crippen LogP contribution in [0.15, 0.2) is 18.2 Å². The van der Waals surface area contributed by atoms with Crippen molar-refractivity contribution in [2.24, 2.45) is 5.73 Å². The third-order valence-corrected chi connectivity index (χ3v) is 2.71. The van der Waals surface area contributed by atoms with Crippen molar-refractivity contribution >= 4 is 35.6 Å². The molecule has 0 bridgehead atoms. The molecule has 1 aromatic carbocycles. The summed E-state index contributed by atoms with van der Waals surface area (Å²) in [5.74, 6) is 0. The van der Waals surface area contributed by atoms with Crippen LogP contribution in [0, 0.1) is 0 Å². The number of aliphatic hydroxyl groups is 1. The number of aliphatic hydroxyl groups excluding tert-OH is 1. The summed E-state index contributed by atoms with van der Waals surface area (Å²) in [6, 6.07) is 5.19. The number of halogens is 3. The van der Waals surface area contributed by atoms with Gasteiger partial charge in [-0.1, -0.05) is 35.3 Å². The number of hydrogen-bond acceptors (Lipinski definition) is 2. The summed E-state index contributed by atoms with van der Waals surface area (Å²) in [7, 11) is 0. The first kappa shape index (κ1) is 14.0. The SMILES string of the molecule is CC(N)(CO)c1cccc(Cl)c1Cl.Cl. The van der Waals surface area contributed by atoms with Crippen LogP contribution in [0.3, 0.4) is 0 Å². The Labute approximate surface area is 99.4 Å². The second-order valence-electron chi connectivity index (χ2n) is 3.18. The van der Waals surface area contributed by atoms with E-state index in [1.54, 1.807) is 25.1 Å². The van der Waals surface area contributed by atoms with Crippen molar-refractivity contribution in [3.63, 3.8) is 0 Å². The Hall–Kier alpha value is 0.01000. The molecule has 1 aromatic rings. The van der Waals surface area contributed by atoms with Crippen LogP contribution < -0.4 is 5.73 Å². The molecule has 2 nitrogen and oxygen atoms in total. The molecule has 0 heterocycles. The van der Waals surface area contributed by atoms with Crippen LogP contribution in [0.4, 0.5) is 0 Å². The molecule has 1 atom stereocenters. The predicted molar refractivity (Wildman–Crippen MR) is 62.3 cm³/mol. The molecule has 0 saturated carbocycles. The molecule has 0 aliphatic heterocycles. The van der Waals surface area contributed by atoms with Crippen LogP contribution in [0.1, 0.15) is 12.5 Å². The van der Waals surface area contributed by atoms with E-state index in [4.69, 9.17) is 34.0 Å². The molecule has 1 unspecified atom stereocenters. The van der Waals surface area contributed by atoms with Gasteiger partial charge in [-0.25, -0.2) is 0 Å². The molecule has 80 valence electrons. The van der Waals surface area contributed by atoms with Crippen molar-refractivity contribution in [3.05, 3.63) is 33.8 Å². The molecular weight excluding hydrogens is 244 g/mol. The number of rotatable bonds is 2. The van der Waals surface area contributed by atoms with Crippen LogP contribution in [0.25, 0.3) is 0 Å². The maximum absolute atomic E-state index is 9.04. The molecule has 0 aliphatic carbocycles. The maximum atomic E-state index is 9.04. The van der Waals surface area contributed by atoms with Gasteiger partial charge < -0.3 is 10.8 Å². The summed E-state index contributed by atoms with van der Waals surface area (Å²) in [6.45, 7) is 1.53. The molecule has 3 N–H and O–H groups in total. The van der Waals surface area contributed by atoms with E-state index < -0.39 is 5.54 Å². The highest BCUT2D eigenvalue weighted by molar-refractivity contribution is 6.42. The first-order valence-corrected chi connectivity index (χ1v) is 4.59. The highest BCUT2D eigenvalue weighted by Gasteiger charge is 2.23. The highest BCUT2D eigenvalue weighted by Crippen LogP contribution is 2.31. The van der Waals surface area contributed by atoms with Gasteiger partial charge >= 0.3 is 0 Å². The molecule has 0 radical (unpaired) electrons. The van der Waals surface area contributed by atoms with Gasteiger partial charge in [0.2, 0.25) is 0 Å². The van der Waals surface area contributed by atoms with Crippen molar-refractivity contribution in [3.8, 4) is 0 Å². The van der Waals surface area contributed by atoms with E-state index in [9.17, 15) is 0 Å². The molecule has 0 aromatic heterocycles. The first-order chi connectivity index (χ1) is 5.99. The molecule has 0 aliphatic rings. The predicted octanol–water partition coefficient (Wildman–Crippen LogP) is 2.58. The summed E-state index contributed by atoms with van der Waals surface area (Å²) in [4.78, 5) is 0. The lowest BCUT2D eigenvalue weighted by Crippen LogP contribution is -2.37. The zero-order valence-corrected chi connectivity index (χ0v) is 9.96. The minimum Gasteiger partial charge on any atom is -0.394 e. The van der Waals surface area contributed by atoms with E-state index in [2.05, 4.69) is 0 Å². The van der Waals surface area contributed by atoms with Crippen LogP contribution in [0.2, 0.25) is 10.0 Å². The zero-order valence-electron chi connectivity index (χ0n) is 7.63. The first-order valence-electron chi connectivity index (χ1n) is 3.83. The second kappa shape index (κ2) is 5.19. The van der Waals surface area contributed by atoms with Gasteiger partial charge in [0.15, 0.2) is 0 Å². The second-order valence-corrected chi connectivity index (χ2v) is 3.96. The van der Waals surface area contributed by atoms with Gasteiger partial charge in [-0.15, -0.1) is 12.4 Å². The van der Waals surface area contributed by atoms with Gasteiger partial charge in [-0.3, -0.25) is 0 Å². The molecule has 14 heavy (non-hydrogen) atoms. The smallest absolute Gasteiger partial charge is 0.0651 e.